The number of ether oxygens (including phenoxy) is 2. The standard InChI is InChI=1S/C29H41NO4/c1-3-17-13-18(4-2)24-22-14-21(23(17)24)25(28(31)33-7-5-6-30)26(22)29(32)34-27-19-9-15-8-16(11-19)12-20(27)10-15/h15-27H,3-5,7-14H2,1-2H3. The van der Waals surface area contributed by atoms with Gasteiger partial charge in [0.1, 0.15) is 12.7 Å². The molecule has 7 aliphatic carbocycles. The largest absolute Gasteiger partial charge is 0.464 e. The van der Waals surface area contributed by atoms with E-state index >= 15 is 0 Å². The van der Waals surface area contributed by atoms with Crippen LogP contribution in [0.5, 0.6) is 0 Å². The minimum atomic E-state index is -0.376. The van der Waals surface area contributed by atoms with Gasteiger partial charge in [-0.2, -0.15) is 5.26 Å². The van der Waals surface area contributed by atoms with Gasteiger partial charge in [-0.3, -0.25) is 9.59 Å². The monoisotopic (exact) mass is 467 g/mol. The Bertz CT molecular complexity index is 835. The molecular formula is C29H41NO4. The Labute approximate surface area is 204 Å². The van der Waals surface area contributed by atoms with E-state index in [9.17, 15) is 9.59 Å². The summed E-state index contributed by atoms with van der Waals surface area (Å²) >= 11 is 0. The summed E-state index contributed by atoms with van der Waals surface area (Å²) in [5.41, 5.74) is 0. The SMILES string of the molecule is CCC1CC(CC)C2C3CC(C(C(=O)OCCC#N)C3C(=O)OC3C4CC5CC(C4)CC3C5)C12. The lowest BCUT2D eigenvalue weighted by atomic mass is 9.55. The summed E-state index contributed by atoms with van der Waals surface area (Å²) in [5.74, 6) is 4.60. The minimum Gasteiger partial charge on any atom is -0.464 e. The molecule has 0 N–H and O–H groups in total. The van der Waals surface area contributed by atoms with E-state index in [1.54, 1.807) is 0 Å². The highest BCUT2D eigenvalue weighted by Crippen LogP contribution is 2.68. The molecule has 0 aromatic rings. The van der Waals surface area contributed by atoms with Gasteiger partial charge in [-0.1, -0.05) is 26.7 Å². The van der Waals surface area contributed by atoms with Crippen molar-refractivity contribution in [2.24, 2.45) is 71.0 Å². The van der Waals surface area contributed by atoms with Crippen LogP contribution in [0, 0.1) is 82.3 Å². The van der Waals surface area contributed by atoms with Crippen LogP contribution in [0.3, 0.4) is 0 Å². The van der Waals surface area contributed by atoms with Gasteiger partial charge < -0.3 is 9.47 Å². The lowest BCUT2D eigenvalue weighted by Crippen LogP contribution is -2.52. The molecule has 0 aromatic carbocycles. The third-order valence-corrected chi connectivity index (χ3v) is 11.4. The van der Waals surface area contributed by atoms with Gasteiger partial charge in [-0.15, -0.1) is 0 Å². The van der Waals surface area contributed by atoms with Crippen molar-refractivity contribution in [3.63, 3.8) is 0 Å². The fraction of sp³-hybridized carbons (Fsp3) is 0.897. The number of nitrogens with zero attached hydrogens (tertiary/aromatic N) is 1. The number of fused-ring (bicyclic) bond motifs is 5. The molecule has 7 rings (SSSR count). The summed E-state index contributed by atoms with van der Waals surface area (Å²) in [4.78, 5) is 27.3. The third kappa shape index (κ3) is 3.45. The van der Waals surface area contributed by atoms with Crippen LogP contribution in [0.4, 0.5) is 0 Å². The third-order valence-electron chi connectivity index (χ3n) is 11.4. The van der Waals surface area contributed by atoms with Crippen LogP contribution < -0.4 is 0 Å². The number of esters is 2. The molecule has 7 aliphatic rings. The Morgan fingerprint density at radius 2 is 1.35 bits per heavy atom. The molecule has 34 heavy (non-hydrogen) atoms. The van der Waals surface area contributed by atoms with E-state index in [4.69, 9.17) is 14.7 Å². The Morgan fingerprint density at radius 1 is 0.794 bits per heavy atom. The van der Waals surface area contributed by atoms with E-state index in [1.807, 2.05) is 0 Å². The zero-order chi connectivity index (χ0) is 23.6. The maximum atomic E-state index is 13.9. The van der Waals surface area contributed by atoms with E-state index in [0.29, 0.717) is 35.5 Å². The molecule has 0 spiro atoms. The second-order valence-corrected chi connectivity index (χ2v) is 12.7. The second-order valence-electron chi connectivity index (χ2n) is 12.7. The first-order chi connectivity index (χ1) is 16.5. The van der Waals surface area contributed by atoms with Gasteiger partial charge in [0.2, 0.25) is 0 Å². The van der Waals surface area contributed by atoms with Crippen molar-refractivity contribution < 1.29 is 19.1 Å². The van der Waals surface area contributed by atoms with Gasteiger partial charge in [0, 0.05) is 0 Å². The molecule has 7 saturated carbocycles. The Balaban J connectivity index is 1.25. The van der Waals surface area contributed by atoms with Crippen molar-refractivity contribution in [3.05, 3.63) is 0 Å². The first-order valence-electron chi connectivity index (χ1n) is 14.3. The first-order valence-corrected chi connectivity index (χ1v) is 14.3. The van der Waals surface area contributed by atoms with E-state index in [2.05, 4.69) is 19.9 Å². The molecule has 0 amide bonds. The summed E-state index contributed by atoms with van der Waals surface area (Å²) in [6.07, 6.45) is 11.1. The number of carbonyl (C=O) groups is 2. The van der Waals surface area contributed by atoms with E-state index in [-0.39, 0.29) is 54.7 Å². The van der Waals surface area contributed by atoms with Crippen molar-refractivity contribution >= 4 is 11.9 Å². The highest BCUT2D eigenvalue weighted by atomic mass is 16.5. The van der Waals surface area contributed by atoms with E-state index < -0.39 is 0 Å². The summed E-state index contributed by atoms with van der Waals surface area (Å²) in [6.45, 7) is 4.70. The smallest absolute Gasteiger partial charge is 0.310 e. The first kappa shape index (κ1) is 22.9. The van der Waals surface area contributed by atoms with E-state index in [1.165, 1.54) is 38.5 Å². The van der Waals surface area contributed by atoms with Gasteiger partial charge in [-0.25, -0.2) is 0 Å². The highest BCUT2D eigenvalue weighted by molar-refractivity contribution is 5.84. The molecule has 0 radical (unpaired) electrons. The fourth-order valence-corrected chi connectivity index (χ4v) is 10.6. The molecule has 186 valence electrons. The van der Waals surface area contributed by atoms with Crippen molar-refractivity contribution in [1.29, 1.82) is 5.26 Å². The van der Waals surface area contributed by atoms with Crippen LogP contribution >= 0.6 is 0 Å². The lowest BCUT2D eigenvalue weighted by molar-refractivity contribution is -0.184. The molecule has 7 fully saturated rings. The van der Waals surface area contributed by atoms with Crippen LogP contribution in [-0.4, -0.2) is 24.6 Å². The predicted octanol–water partition coefficient (Wildman–Crippen LogP) is 5.38. The van der Waals surface area contributed by atoms with Gasteiger partial charge in [0.25, 0.3) is 0 Å². The molecule has 6 bridgehead atoms. The van der Waals surface area contributed by atoms with Crippen molar-refractivity contribution in [1.82, 2.24) is 0 Å². The molecule has 0 heterocycles. The van der Waals surface area contributed by atoms with Gasteiger partial charge in [0.15, 0.2) is 0 Å². The van der Waals surface area contributed by atoms with Crippen LogP contribution in [0.1, 0.15) is 78.1 Å². The average molecular weight is 468 g/mol. The minimum absolute atomic E-state index is 0.0689. The van der Waals surface area contributed by atoms with Crippen LogP contribution in [-0.2, 0) is 19.1 Å². The maximum absolute atomic E-state index is 13.9. The number of nitriles is 1. The average Bonchev–Trinajstić information content (AvgIpc) is 3.50. The normalized spacial score (nSPS) is 49.6. The molecule has 0 saturated heterocycles. The highest BCUT2D eigenvalue weighted by Gasteiger charge is 2.67. The molecular weight excluding hydrogens is 426 g/mol. The number of hydrogen-bond donors (Lipinski definition) is 0. The number of hydrogen-bond acceptors (Lipinski definition) is 5. The van der Waals surface area contributed by atoms with Crippen molar-refractivity contribution in [2.75, 3.05) is 6.61 Å². The Morgan fingerprint density at radius 3 is 1.88 bits per heavy atom. The van der Waals surface area contributed by atoms with Gasteiger partial charge in [0.05, 0.1) is 24.3 Å². The van der Waals surface area contributed by atoms with Crippen LogP contribution in [0.25, 0.3) is 0 Å². The summed E-state index contributed by atoms with van der Waals surface area (Å²) in [5, 5.41) is 8.90. The zero-order valence-electron chi connectivity index (χ0n) is 20.9. The van der Waals surface area contributed by atoms with Gasteiger partial charge in [-0.05, 0) is 104 Å². The number of carbonyl (C=O) groups excluding carboxylic acids is 2. The Kier molecular flexibility index (Phi) is 5.93. The summed E-state index contributed by atoms with van der Waals surface area (Å²) < 4.78 is 12.0. The molecule has 5 heteroatoms. The predicted molar refractivity (Wildman–Crippen MR) is 126 cm³/mol. The molecule has 0 aromatic heterocycles. The van der Waals surface area contributed by atoms with Gasteiger partial charge >= 0.3 is 11.9 Å². The molecule has 0 aliphatic heterocycles. The van der Waals surface area contributed by atoms with Crippen LogP contribution in [0.2, 0.25) is 0 Å². The fourth-order valence-electron chi connectivity index (χ4n) is 10.6. The Hall–Kier alpha value is -1.57. The lowest BCUT2D eigenvalue weighted by Gasteiger charge is -2.53. The topological polar surface area (TPSA) is 76.4 Å². The molecule has 5 nitrogen and oxygen atoms in total. The van der Waals surface area contributed by atoms with Crippen molar-refractivity contribution in [2.45, 2.75) is 84.2 Å². The summed E-state index contributed by atoms with van der Waals surface area (Å²) in [6, 6.07) is 2.06. The quantitative estimate of drug-likeness (QED) is 0.371. The van der Waals surface area contributed by atoms with Crippen molar-refractivity contribution in [3.8, 4) is 6.07 Å². The second kappa shape index (κ2) is 8.82. The van der Waals surface area contributed by atoms with Crippen LogP contribution in [0.15, 0.2) is 0 Å². The maximum Gasteiger partial charge on any atom is 0.310 e. The number of rotatable bonds is 7. The zero-order valence-corrected chi connectivity index (χ0v) is 20.9. The molecule has 8 unspecified atom stereocenters. The molecule has 8 atom stereocenters. The van der Waals surface area contributed by atoms with E-state index in [0.717, 1.165) is 31.1 Å². The summed E-state index contributed by atoms with van der Waals surface area (Å²) in [7, 11) is 0.